The molecule has 0 spiro atoms. The van der Waals surface area contributed by atoms with Crippen molar-refractivity contribution >= 4 is 0 Å². The van der Waals surface area contributed by atoms with Gasteiger partial charge in [-0.05, 0) is 25.6 Å². The number of hydrogen-bond donors (Lipinski definition) is 1. The molecule has 0 saturated carbocycles. The maximum Gasteiger partial charge on any atom is 0.0419 e. The Morgan fingerprint density at radius 1 is 1.42 bits per heavy atom. The number of pyridine rings is 1. The van der Waals surface area contributed by atoms with E-state index in [9.17, 15) is 0 Å². The lowest BCUT2D eigenvalue weighted by atomic mass is 10.2. The molecule has 0 amide bonds. The molecule has 0 fully saturated rings. The number of nitrogens with zero attached hydrogens (tertiary/aromatic N) is 1. The highest BCUT2D eigenvalue weighted by molar-refractivity contribution is 5.09. The average molecular weight is 164 g/mol. The van der Waals surface area contributed by atoms with Crippen LogP contribution < -0.4 is 5.32 Å². The average Bonchev–Trinajstić information content (AvgIpc) is 2.05. The van der Waals surface area contributed by atoms with Crippen molar-refractivity contribution in [1.82, 2.24) is 10.3 Å². The molecular formula is C10H16N2. The van der Waals surface area contributed by atoms with E-state index in [0.29, 0.717) is 0 Å². The number of hydrogen-bond acceptors (Lipinski definition) is 2. The second kappa shape index (κ2) is 4.88. The molecule has 2 heteroatoms. The Balaban J connectivity index is 2.41. The van der Waals surface area contributed by atoms with Gasteiger partial charge in [0.25, 0.3) is 0 Å². The van der Waals surface area contributed by atoms with Crippen LogP contribution in [0.15, 0.2) is 18.2 Å². The summed E-state index contributed by atoms with van der Waals surface area (Å²) in [6.45, 7) is 6.19. The van der Waals surface area contributed by atoms with Crippen LogP contribution >= 0.6 is 0 Å². The molecule has 0 saturated heterocycles. The highest BCUT2D eigenvalue weighted by atomic mass is 14.8. The van der Waals surface area contributed by atoms with Gasteiger partial charge in [0.2, 0.25) is 0 Å². The monoisotopic (exact) mass is 164 g/mol. The van der Waals surface area contributed by atoms with Gasteiger partial charge in [-0.25, -0.2) is 0 Å². The third-order valence-electron chi connectivity index (χ3n) is 1.75. The molecule has 1 N–H and O–H groups in total. The first-order chi connectivity index (χ1) is 5.83. The van der Waals surface area contributed by atoms with E-state index in [-0.39, 0.29) is 0 Å². The number of nitrogens with one attached hydrogen (secondary N) is 1. The standard InChI is InChI=1S/C10H16N2/c1-3-11-8-7-10-6-4-5-9(2)12-10/h4-6,11H,3,7-8H2,1-2H3. The van der Waals surface area contributed by atoms with E-state index >= 15 is 0 Å². The van der Waals surface area contributed by atoms with Gasteiger partial charge < -0.3 is 5.32 Å². The van der Waals surface area contributed by atoms with Crippen molar-refractivity contribution < 1.29 is 0 Å². The quantitative estimate of drug-likeness (QED) is 0.683. The third-order valence-corrected chi connectivity index (χ3v) is 1.75. The van der Waals surface area contributed by atoms with Crippen molar-refractivity contribution in [3.05, 3.63) is 29.6 Å². The van der Waals surface area contributed by atoms with Crippen molar-refractivity contribution in [3.8, 4) is 0 Å². The van der Waals surface area contributed by atoms with E-state index < -0.39 is 0 Å². The minimum Gasteiger partial charge on any atom is -0.317 e. The first-order valence-electron chi connectivity index (χ1n) is 4.46. The van der Waals surface area contributed by atoms with Crippen LogP contribution in [0.2, 0.25) is 0 Å². The predicted octanol–water partition coefficient (Wildman–Crippen LogP) is 1.54. The van der Waals surface area contributed by atoms with Crippen molar-refractivity contribution in [2.45, 2.75) is 20.3 Å². The fourth-order valence-electron chi connectivity index (χ4n) is 1.13. The predicted molar refractivity (Wildman–Crippen MR) is 51.2 cm³/mol. The Morgan fingerprint density at radius 2 is 2.25 bits per heavy atom. The van der Waals surface area contributed by atoms with Crippen LogP contribution in [0.3, 0.4) is 0 Å². The summed E-state index contributed by atoms with van der Waals surface area (Å²) in [4.78, 5) is 4.40. The van der Waals surface area contributed by atoms with Crippen LogP contribution in [0.5, 0.6) is 0 Å². The maximum absolute atomic E-state index is 4.40. The zero-order valence-electron chi connectivity index (χ0n) is 7.80. The minimum atomic E-state index is 1.02. The van der Waals surface area contributed by atoms with Gasteiger partial charge >= 0.3 is 0 Å². The lowest BCUT2D eigenvalue weighted by Gasteiger charge is -2.01. The van der Waals surface area contributed by atoms with Gasteiger partial charge in [-0.15, -0.1) is 0 Å². The van der Waals surface area contributed by atoms with Crippen LogP contribution in [0.4, 0.5) is 0 Å². The van der Waals surface area contributed by atoms with Crippen LogP contribution in [0.25, 0.3) is 0 Å². The molecule has 0 aliphatic heterocycles. The molecule has 0 unspecified atom stereocenters. The summed E-state index contributed by atoms with van der Waals surface area (Å²) in [6.07, 6.45) is 1.02. The molecular weight excluding hydrogens is 148 g/mol. The normalized spacial score (nSPS) is 10.2. The van der Waals surface area contributed by atoms with Gasteiger partial charge in [0.15, 0.2) is 0 Å². The molecule has 12 heavy (non-hydrogen) atoms. The van der Waals surface area contributed by atoms with Gasteiger partial charge in [0, 0.05) is 24.4 Å². The summed E-state index contributed by atoms with van der Waals surface area (Å²) in [5.74, 6) is 0. The molecule has 0 atom stereocenters. The first-order valence-corrected chi connectivity index (χ1v) is 4.46. The molecule has 0 aliphatic carbocycles. The van der Waals surface area contributed by atoms with Crippen LogP contribution in [0, 0.1) is 6.92 Å². The first kappa shape index (κ1) is 9.20. The lowest BCUT2D eigenvalue weighted by Crippen LogP contribution is -2.16. The van der Waals surface area contributed by atoms with Crippen molar-refractivity contribution in [2.75, 3.05) is 13.1 Å². The minimum absolute atomic E-state index is 1.02. The summed E-state index contributed by atoms with van der Waals surface area (Å²) >= 11 is 0. The second-order valence-electron chi connectivity index (χ2n) is 2.87. The highest BCUT2D eigenvalue weighted by Gasteiger charge is 1.92. The Bertz CT molecular complexity index is 233. The number of aryl methyl sites for hydroxylation is 1. The molecule has 1 heterocycles. The van der Waals surface area contributed by atoms with E-state index in [1.165, 1.54) is 5.69 Å². The summed E-state index contributed by atoms with van der Waals surface area (Å²) in [7, 11) is 0. The topological polar surface area (TPSA) is 24.9 Å². The fourth-order valence-corrected chi connectivity index (χ4v) is 1.13. The van der Waals surface area contributed by atoms with E-state index in [4.69, 9.17) is 0 Å². The van der Waals surface area contributed by atoms with Crippen LogP contribution in [-0.4, -0.2) is 18.1 Å². The highest BCUT2D eigenvalue weighted by Crippen LogP contribution is 1.97. The molecule has 0 bridgehead atoms. The zero-order valence-corrected chi connectivity index (χ0v) is 7.80. The molecule has 0 aromatic carbocycles. The molecule has 0 aliphatic rings. The van der Waals surface area contributed by atoms with Crippen molar-refractivity contribution in [1.29, 1.82) is 0 Å². The molecule has 2 nitrogen and oxygen atoms in total. The van der Waals surface area contributed by atoms with Crippen molar-refractivity contribution in [3.63, 3.8) is 0 Å². The van der Waals surface area contributed by atoms with Gasteiger partial charge in [0.05, 0.1) is 0 Å². The van der Waals surface area contributed by atoms with Gasteiger partial charge in [-0.2, -0.15) is 0 Å². The van der Waals surface area contributed by atoms with Gasteiger partial charge in [-0.1, -0.05) is 13.0 Å². The summed E-state index contributed by atoms with van der Waals surface area (Å²) in [5.41, 5.74) is 2.28. The third kappa shape index (κ3) is 3.01. The number of likely N-dealkylation sites (N-methyl/N-ethyl adjacent to an activating group) is 1. The Hall–Kier alpha value is -0.890. The maximum atomic E-state index is 4.40. The molecule has 1 aromatic heterocycles. The van der Waals surface area contributed by atoms with E-state index in [1.54, 1.807) is 0 Å². The number of rotatable bonds is 4. The Labute approximate surface area is 74.0 Å². The molecule has 1 rings (SSSR count). The summed E-state index contributed by atoms with van der Waals surface area (Å²) in [5, 5.41) is 3.28. The summed E-state index contributed by atoms with van der Waals surface area (Å²) < 4.78 is 0. The largest absolute Gasteiger partial charge is 0.317 e. The lowest BCUT2D eigenvalue weighted by molar-refractivity contribution is 0.707. The van der Waals surface area contributed by atoms with Gasteiger partial charge in [0.1, 0.15) is 0 Å². The molecule has 66 valence electrons. The summed E-state index contributed by atoms with van der Waals surface area (Å²) in [6, 6.07) is 6.16. The van der Waals surface area contributed by atoms with Crippen molar-refractivity contribution in [2.24, 2.45) is 0 Å². The molecule has 0 radical (unpaired) electrons. The number of aromatic nitrogens is 1. The Morgan fingerprint density at radius 3 is 2.92 bits per heavy atom. The van der Waals surface area contributed by atoms with E-state index in [1.807, 2.05) is 13.0 Å². The SMILES string of the molecule is CCNCCc1cccc(C)n1. The van der Waals surface area contributed by atoms with Crippen LogP contribution in [0.1, 0.15) is 18.3 Å². The van der Waals surface area contributed by atoms with E-state index in [2.05, 4.69) is 29.4 Å². The van der Waals surface area contributed by atoms with Crippen LogP contribution in [-0.2, 0) is 6.42 Å². The van der Waals surface area contributed by atoms with E-state index in [0.717, 1.165) is 25.2 Å². The van der Waals surface area contributed by atoms with Gasteiger partial charge in [-0.3, -0.25) is 4.98 Å². The second-order valence-corrected chi connectivity index (χ2v) is 2.87. The smallest absolute Gasteiger partial charge is 0.0419 e. The Kier molecular flexibility index (Phi) is 3.74. The zero-order chi connectivity index (χ0) is 8.81. The fraction of sp³-hybridized carbons (Fsp3) is 0.500. The molecule has 1 aromatic rings.